The molecule has 1 aromatic heterocycles. The van der Waals surface area contributed by atoms with Gasteiger partial charge >= 0.3 is 0 Å². The first kappa shape index (κ1) is 12.6. The average Bonchev–Trinajstić information content (AvgIpc) is 2.94. The van der Waals surface area contributed by atoms with E-state index in [0.717, 1.165) is 53.3 Å². The second kappa shape index (κ2) is 5.17. The van der Waals surface area contributed by atoms with E-state index in [1.54, 1.807) is 11.3 Å². The number of aldehydes is 1. The quantitative estimate of drug-likeness (QED) is 0.772. The molecule has 0 bridgehead atoms. The maximum Gasteiger partial charge on any atom is 0.186 e. The molecule has 4 heteroatoms. The lowest BCUT2D eigenvalue weighted by Crippen LogP contribution is -2.20. The Morgan fingerprint density at radius 1 is 1.59 bits per heavy atom. The fourth-order valence-electron chi connectivity index (χ4n) is 2.34. The van der Waals surface area contributed by atoms with Crippen molar-refractivity contribution in [2.75, 3.05) is 18.0 Å². The molecule has 0 aliphatic carbocycles. The van der Waals surface area contributed by atoms with Crippen molar-refractivity contribution in [3.05, 3.63) is 10.6 Å². The molecule has 1 aliphatic heterocycles. The van der Waals surface area contributed by atoms with E-state index >= 15 is 0 Å². The molecular formula is C13H20N2OS. The number of hydrogen-bond donors (Lipinski definition) is 0. The maximum atomic E-state index is 10.9. The molecule has 0 amide bonds. The van der Waals surface area contributed by atoms with Gasteiger partial charge in [0, 0.05) is 13.1 Å². The number of nitrogens with zero attached hydrogens (tertiary/aromatic N) is 2. The Balaban J connectivity index is 2.13. The highest BCUT2D eigenvalue weighted by molar-refractivity contribution is 7.17. The third kappa shape index (κ3) is 2.51. The third-order valence-electron chi connectivity index (χ3n) is 3.60. The molecule has 0 spiro atoms. The number of thiazole rings is 1. The van der Waals surface area contributed by atoms with E-state index in [1.165, 1.54) is 6.42 Å². The van der Waals surface area contributed by atoms with Crippen LogP contribution >= 0.6 is 11.3 Å². The summed E-state index contributed by atoms with van der Waals surface area (Å²) in [6.07, 6.45) is 3.02. The molecule has 3 nitrogen and oxygen atoms in total. The molecule has 2 rings (SSSR count). The molecule has 17 heavy (non-hydrogen) atoms. The molecule has 0 radical (unpaired) electrons. The van der Waals surface area contributed by atoms with Gasteiger partial charge < -0.3 is 4.90 Å². The number of carbonyl (C=O) groups excluding carboxylic acids is 1. The Bertz CT molecular complexity index is 400. The van der Waals surface area contributed by atoms with Crippen LogP contribution in [0.25, 0.3) is 0 Å². The number of carbonyl (C=O) groups is 1. The normalized spacial score (nSPS) is 20.2. The standard InChI is InChI=1S/C13H20N2OS/c1-4-11-12(8-16)17-13(14-11)15-6-5-10(7-15)9(2)3/h8-10H,4-7H2,1-3H3. The first-order valence-electron chi connectivity index (χ1n) is 6.35. The zero-order chi connectivity index (χ0) is 12.4. The minimum absolute atomic E-state index is 0.733. The predicted octanol–water partition coefficient (Wildman–Crippen LogP) is 3.00. The summed E-state index contributed by atoms with van der Waals surface area (Å²) in [5.74, 6) is 1.50. The van der Waals surface area contributed by atoms with Crippen LogP contribution in [-0.2, 0) is 6.42 Å². The Kier molecular flexibility index (Phi) is 3.82. The number of aromatic nitrogens is 1. The molecule has 1 aliphatic rings. The van der Waals surface area contributed by atoms with Gasteiger partial charge in [0.15, 0.2) is 11.4 Å². The van der Waals surface area contributed by atoms with Crippen molar-refractivity contribution < 1.29 is 4.79 Å². The molecule has 0 aromatic carbocycles. The monoisotopic (exact) mass is 252 g/mol. The van der Waals surface area contributed by atoms with Crippen LogP contribution in [0.15, 0.2) is 0 Å². The van der Waals surface area contributed by atoms with Gasteiger partial charge in [-0.15, -0.1) is 0 Å². The third-order valence-corrected chi connectivity index (χ3v) is 4.68. The van der Waals surface area contributed by atoms with Gasteiger partial charge in [-0.25, -0.2) is 4.98 Å². The molecule has 1 atom stereocenters. The maximum absolute atomic E-state index is 10.9. The van der Waals surface area contributed by atoms with E-state index < -0.39 is 0 Å². The van der Waals surface area contributed by atoms with E-state index in [0.29, 0.717) is 0 Å². The van der Waals surface area contributed by atoms with Crippen LogP contribution < -0.4 is 4.90 Å². The zero-order valence-electron chi connectivity index (χ0n) is 10.8. The smallest absolute Gasteiger partial charge is 0.186 e. The van der Waals surface area contributed by atoms with Gasteiger partial charge in [0.05, 0.1) is 10.6 Å². The van der Waals surface area contributed by atoms with Gasteiger partial charge in [0.25, 0.3) is 0 Å². The van der Waals surface area contributed by atoms with Crippen molar-refractivity contribution in [3.63, 3.8) is 0 Å². The fourth-order valence-corrected chi connectivity index (χ4v) is 3.34. The average molecular weight is 252 g/mol. The Morgan fingerprint density at radius 3 is 2.82 bits per heavy atom. The zero-order valence-corrected chi connectivity index (χ0v) is 11.6. The first-order valence-corrected chi connectivity index (χ1v) is 7.17. The van der Waals surface area contributed by atoms with Gasteiger partial charge in [-0.1, -0.05) is 32.1 Å². The lowest BCUT2D eigenvalue weighted by molar-refractivity contribution is 0.112. The van der Waals surface area contributed by atoms with Crippen molar-refractivity contribution in [1.82, 2.24) is 4.98 Å². The summed E-state index contributed by atoms with van der Waals surface area (Å²) >= 11 is 1.54. The van der Waals surface area contributed by atoms with Crippen molar-refractivity contribution >= 4 is 22.8 Å². The van der Waals surface area contributed by atoms with Gasteiger partial charge in [0.2, 0.25) is 0 Å². The largest absolute Gasteiger partial charge is 0.348 e. The Labute approximate surface area is 107 Å². The van der Waals surface area contributed by atoms with Crippen LogP contribution in [0.3, 0.4) is 0 Å². The van der Waals surface area contributed by atoms with Crippen LogP contribution in [-0.4, -0.2) is 24.4 Å². The number of anilines is 1. The van der Waals surface area contributed by atoms with Crippen molar-refractivity contribution in [3.8, 4) is 0 Å². The molecule has 2 heterocycles. The van der Waals surface area contributed by atoms with E-state index in [1.807, 2.05) is 6.92 Å². The lowest BCUT2D eigenvalue weighted by Gasteiger charge is -2.16. The van der Waals surface area contributed by atoms with Crippen LogP contribution in [0, 0.1) is 11.8 Å². The number of rotatable bonds is 4. The number of aryl methyl sites for hydroxylation is 1. The van der Waals surface area contributed by atoms with Gasteiger partial charge in [-0.2, -0.15) is 0 Å². The van der Waals surface area contributed by atoms with E-state index in [4.69, 9.17) is 0 Å². The van der Waals surface area contributed by atoms with E-state index in [2.05, 4.69) is 23.7 Å². The van der Waals surface area contributed by atoms with Gasteiger partial charge in [0.1, 0.15) is 0 Å². The summed E-state index contributed by atoms with van der Waals surface area (Å²) in [7, 11) is 0. The molecule has 1 aromatic rings. The first-order chi connectivity index (χ1) is 8.15. The Hall–Kier alpha value is -0.900. The fraction of sp³-hybridized carbons (Fsp3) is 0.692. The minimum atomic E-state index is 0.733. The second-order valence-corrected chi connectivity index (χ2v) is 6.03. The summed E-state index contributed by atoms with van der Waals surface area (Å²) < 4.78 is 0. The summed E-state index contributed by atoms with van der Waals surface area (Å²) in [5, 5.41) is 1.03. The van der Waals surface area contributed by atoms with Crippen molar-refractivity contribution in [2.45, 2.75) is 33.6 Å². The molecule has 1 unspecified atom stereocenters. The highest BCUT2D eigenvalue weighted by Crippen LogP contribution is 2.32. The minimum Gasteiger partial charge on any atom is -0.348 e. The van der Waals surface area contributed by atoms with E-state index in [9.17, 15) is 4.79 Å². The molecule has 1 fully saturated rings. The molecule has 0 saturated carbocycles. The van der Waals surface area contributed by atoms with Crippen LogP contribution in [0.5, 0.6) is 0 Å². The van der Waals surface area contributed by atoms with Gasteiger partial charge in [-0.3, -0.25) is 4.79 Å². The topological polar surface area (TPSA) is 33.2 Å². The summed E-state index contributed by atoms with van der Waals surface area (Å²) in [4.78, 5) is 18.7. The summed E-state index contributed by atoms with van der Waals surface area (Å²) in [6, 6.07) is 0. The number of hydrogen-bond acceptors (Lipinski definition) is 4. The molecular weight excluding hydrogens is 232 g/mol. The second-order valence-electron chi connectivity index (χ2n) is 5.02. The van der Waals surface area contributed by atoms with Crippen molar-refractivity contribution in [2.24, 2.45) is 11.8 Å². The van der Waals surface area contributed by atoms with E-state index in [-0.39, 0.29) is 0 Å². The molecule has 0 N–H and O–H groups in total. The van der Waals surface area contributed by atoms with Crippen LogP contribution in [0.1, 0.15) is 42.6 Å². The van der Waals surface area contributed by atoms with Crippen molar-refractivity contribution in [1.29, 1.82) is 0 Å². The predicted molar refractivity (Wildman–Crippen MR) is 72.0 cm³/mol. The van der Waals surface area contributed by atoms with Gasteiger partial charge in [-0.05, 0) is 24.7 Å². The summed E-state index contributed by atoms with van der Waals surface area (Å²) in [5.41, 5.74) is 0.952. The highest BCUT2D eigenvalue weighted by atomic mass is 32.1. The Morgan fingerprint density at radius 2 is 2.35 bits per heavy atom. The molecule has 94 valence electrons. The SMILES string of the molecule is CCc1nc(N2CCC(C(C)C)C2)sc1C=O. The lowest BCUT2D eigenvalue weighted by atomic mass is 9.95. The molecule has 1 saturated heterocycles. The van der Waals surface area contributed by atoms with Crippen LogP contribution in [0.4, 0.5) is 5.13 Å². The van der Waals surface area contributed by atoms with Crippen LogP contribution in [0.2, 0.25) is 0 Å². The highest BCUT2D eigenvalue weighted by Gasteiger charge is 2.27. The summed E-state index contributed by atoms with van der Waals surface area (Å²) in [6.45, 7) is 8.78.